The molecule has 144 valence electrons. The molecular formula is C21H13BrClN3O2S. The van der Waals surface area contributed by atoms with Crippen LogP contribution in [0.2, 0.25) is 5.02 Å². The Labute approximate surface area is 185 Å². The maximum Gasteiger partial charge on any atom is 0.270 e. The summed E-state index contributed by atoms with van der Waals surface area (Å²) in [7, 11) is 0. The van der Waals surface area contributed by atoms with Crippen molar-refractivity contribution in [2.75, 3.05) is 4.90 Å². The Bertz CT molecular complexity index is 1170. The fourth-order valence-electron chi connectivity index (χ4n) is 3.00. The van der Waals surface area contributed by atoms with Crippen LogP contribution in [0.4, 0.5) is 5.69 Å². The number of hydrogen-bond acceptors (Lipinski definition) is 3. The van der Waals surface area contributed by atoms with E-state index < -0.39 is 11.8 Å². The Hall–Kier alpha value is -2.74. The fraction of sp³-hybridized carbons (Fsp3) is 0. The van der Waals surface area contributed by atoms with Crippen LogP contribution in [0.5, 0.6) is 0 Å². The number of anilines is 1. The second-order valence-corrected chi connectivity index (χ2v) is 7.96. The number of nitrogens with zero attached hydrogens (tertiary/aromatic N) is 2. The lowest BCUT2D eigenvalue weighted by atomic mass is 10.1. The van der Waals surface area contributed by atoms with E-state index in [0.717, 1.165) is 10.2 Å². The van der Waals surface area contributed by atoms with E-state index in [9.17, 15) is 9.59 Å². The third kappa shape index (κ3) is 3.89. The van der Waals surface area contributed by atoms with Crippen molar-refractivity contribution in [2.45, 2.75) is 0 Å². The minimum atomic E-state index is -0.532. The molecule has 2 aromatic carbocycles. The van der Waals surface area contributed by atoms with Crippen LogP contribution in [0, 0.1) is 0 Å². The average molecular weight is 487 g/mol. The number of hydrogen-bond donors (Lipinski definition) is 1. The number of carbonyl (C=O) groups excluding carboxylic acids is 2. The zero-order valence-electron chi connectivity index (χ0n) is 14.8. The Morgan fingerprint density at radius 1 is 1.00 bits per heavy atom. The predicted octanol–water partition coefficient (Wildman–Crippen LogP) is 4.72. The molecule has 29 heavy (non-hydrogen) atoms. The number of thiocarbonyl (C=S) groups is 1. The van der Waals surface area contributed by atoms with Gasteiger partial charge in [-0.3, -0.25) is 19.8 Å². The molecule has 1 aromatic heterocycles. The van der Waals surface area contributed by atoms with Crippen LogP contribution in [0.3, 0.4) is 0 Å². The first-order valence-corrected chi connectivity index (χ1v) is 10.1. The number of aromatic nitrogens is 1. The summed E-state index contributed by atoms with van der Waals surface area (Å²) in [6.07, 6.45) is 3.40. The molecule has 2 heterocycles. The van der Waals surface area contributed by atoms with Crippen molar-refractivity contribution >= 4 is 68.4 Å². The Morgan fingerprint density at radius 2 is 1.76 bits per heavy atom. The second-order valence-electron chi connectivity index (χ2n) is 6.22. The van der Waals surface area contributed by atoms with Gasteiger partial charge in [0, 0.05) is 27.1 Å². The van der Waals surface area contributed by atoms with Gasteiger partial charge in [0.15, 0.2) is 5.11 Å². The minimum Gasteiger partial charge on any atom is -0.317 e. The van der Waals surface area contributed by atoms with Gasteiger partial charge in [-0.25, -0.2) is 0 Å². The third-order valence-electron chi connectivity index (χ3n) is 4.35. The molecule has 2 amide bonds. The topological polar surface area (TPSA) is 54.3 Å². The molecule has 0 bridgehead atoms. The van der Waals surface area contributed by atoms with Crippen molar-refractivity contribution < 1.29 is 9.59 Å². The molecule has 1 fully saturated rings. The number of rotatable bonds is 3. The molecule has 0 saturated carbocycles. The van der Waals surface area contributed by atoms with Crippen LogP contribution in [-0.4, -0.2) is 21.5 Å². The van der Waals surface area contributed by atoms with Gasteiger partial charge < -0.3 is 4.57 Å². The van der Waals surface area contributed by atoms with Crippen LogP contribution < -0.4 is 10.2 Å². The monoisotopic (exact) mass is 485 g/mol. The first kappa shape index (κ1) is 19.6. The quantitative estimate of drug-likeness (QED) is 0.331. The molecule has 5 nitrogen and oxygen atoms in total. The molecule has 1 aliphatic heterocycles. The van der Waals surface area contributed by atoms with Crippen molar-refractivity contribution in [3.05, 3.63) is 87.6 Å². The molecule has 4 rings (SSSR count). The maximum atomic E-state index is 13.1. The van der Waals surface area contributed by atoms with Gasteiger partial charge in [0.25, 0.3) is 11.8 Å². The fourth-order valence-corrected chi connectivity index (χ4v) is 3.80. The summed E-state index contributed by atoms with van der Waals surface area (Å²) < 4.78 is 2.66. The smallest absolute Gasteiger partial charge is 0.270 e. The van der Waals surface area contributed by atoms with Gasteiger partial charge >= 0.3 is 0 Å². The molecule has 3 aromatic rings. The van der Waals surface area contributed by atoms with E-state index in [1.807, 2.05) is 41.1 Å². The summed E-state index contributed by atoms with van der Waals surface area (Å²) in [6, 6.07) is 18.1. The first-order valence-electron chi connectivity index (χ1n) is 8.54. The van der Waals surface area contributed by atoms with E-state index >= 15 is 0 Å². The molecule has 1 N–H and O–H groups in total. The van der Waals surface area contributed by atoms with E-state index in [-0.39, 0.29) is 10.7 Å². The molecule has 0 radical (unpaired) electrons. The van der Waals surface area contributed by atoms with Gasteiger partial charge in [0.2, 0.25) is 0 Å². The molecule has 1 aliphatic rings. The van der Waals surface area contributed by atoms with Crippen molar-refractivity contribution in [3.8, 4) is 5.69 Å². The highest BCUT2D eigenvalue weighted by molar-refractivity contribution is 9.10. The number of carbonyl (C=O) groups is 2. The summed E-state index contributed by atoms with van der Waals surface area (Å²) in [5, 5.41) is 3.26. The van der Waals surface area contributed by atoms with Crippen molar-refractivity contribution in [2.24, 2.45) is 0 Å². The van der Waals surface area contributed by atoms with Gasteiger partial charge in [-0.1, -0.05) is 33.6 Å². The van der Waals surface area contributed by atoms with Gasteiger partial charge in [0.1, 0.15) is 5.57 Å². The van der Waals surface area contributed by atoms with Crippen LogP contribution in [-0.2, 0) is 9.59 Å². The molecule has 8 heteroatoms. The molecule has 0 unspecified atom stereocenters. The normalized spacial score (nSPS) is 15.7. The number of nitrogens with one attached hydrogen (secondary N) is 1. The second kappa shape index (κ2) is 7.94. The highest BCUT2D eigenvalue weighted by atomic mass is 79.9. The summed E-state index contributed by atoms with van der Waals surface area (Å²) in [5.74, 6) is -1.02. The van der Waals surface area contributed by atoms with Crippen molar-refractivity contribution in [1.82, 2.24) is 9.88 Å². The molecular weight excluding hydrogens is 474 g/mol. The lowest BCUT2D eigenvalue weighted by Gasteiger charge is -2.29. The Morgan fingerprint density at radius 3 is 2.48 bits per heavy atom. The number of amides is 2. The zero-order valence-corrected chi connectivity index (χ0v) is 18.0. The number of benzene rings is 2. The maximum absolute atomic E-state index is 13.1. The average Bonchev–Trinajstić information content (AvgIpc) is 3.14. The molecule has 0 spiro atoms. The van der Waals surface area contributed by atoms with E-state index in [2.05, 4.69) is 21.2 Å². The third-order valence-corrected chi connectivity index (χ3v) is 5.38. The standard InChI is InChI=1S/C21H13BrClN3O2S/c22-13-3-1-4-17(11-13)26-20(28)18(19(27)24-21(26)29)12-16-5-2-10-25(16)15-8-6-14(23)7-9-15/h1-12H,(H,24,27,29). The first-order chi connectivity index (χ1) is 13.9. The van der Waals surface area contributed by atoms with Crippen molar-refractivity contribution in [1.29, 1.82) is 0 Å². The highest BCUT2D eigenvalue weighted by Gasteiger charge is 2.34. The summed E-state index contributed by atoms with van der Waals surface area (Å²) in [6.45, 7) is 0. The van der Waals surface area contributed by atoms with Gasteiger partial charge in [-0.2, -0.15) is 0 Å². The highest BCUT2D eigenvalue weighted by Crippen LogP contribution is 2.25. The van der Waals surface area contributed by atoms with Crippen molar-refractivity contribution in [3.63, 3.8) is 0 Å². The van der Waals surface area contributed by atoms with Crippen LogP contribution >= 0.6 is 39.7 Å². The lowest BCUT2D eigenvalue weighted by molar-refractivity contribution is -0.122. The van der Waals surface area contributed by atoms with Crippen LogP contribution in [0.15, 0.2) is 76.9 Å². The van der Waals surface area contributed by atoms with Gasteiger partial charge in [-0.15, -0.1) is 0 Å². The van der Waals surface area contributed by atoms with E-state index in [1.54, 1.807) is 36.4 Å². The Balaban J connectivity index is 1.75. The van der Waals surface area contributed by atoms with Gasteiger partial charge in [-0.05, 0) is 72.9 Å². The Kier molecular flexibility index (Phi) is 5.36. The summed E-state index contributed by atoms with van der Waals surface area (Å²) in [4.78, 5) is 27.0. The van der Waals surface area contributed by atoms with E-state index in [0.29, 0.717) is 16.4 Å². The zero-order chi connectivity index (χ0) is 20.5. The SMILES string of the molecule is O=C1NC(=S)N(c2cccc(Br)c2)C(=O)C1=Cc1cccn1-c1ccc(Cl)cc1. The van der Waals surface area contributed by atoms with E-state index in [1.165, 1.54) is 4.90 Å². The molecule has 0 aliphatic carbocycles. The van der Waals surface area contributed by atoms with Crippen LogP contribution in [0.25, 0.3) is 11.8 Å². The largest absolute Gasteiger partial charge is 0.317 e. The minimum absolute atomic E-state index is 0.00695. The molecule has 1 saturated heterocycles. The number of halogens is 2. The summed E-state index contributed by atoms with van der Waals surface area (Å²) >= 11 is 14.6. The summed E-state index contributed by atoms with van der Waals surface area (Å²) in [5.41, 5.74) is 2.09. The predicted molar refractivity (Wildman–Crippen MR) is 121 cm³/mol. The lowest BCUT2D eigenvalue weighted by Crippen LogP contribution is -2.54. The van der Waals surface area contributed by atoms with E-state index in [4.69, 9.17) is 23.8 Å². The molecule has 0 atom stereocenters. The van der Waals surface area contributed by atoms with Crippen LogP contribution in [0.1, 0.15) is 5.69 Å². The van der Waals surface area contributed by atoms with Gasteiger partial charge in [0.05, 0.1) is 5.69 Å².